The van der Waals surface area contributed by atoms with Crippen LogP contribution in [-0.2, 0) is 11.3 Å². The Labute approximate surface area is 149 Å². The summed E-state index contributed by atoms with van der Waals surface area (Å²) in [7, 11) is 5.16. The molecule has 0 saturated carbocycles. The van der Waals surface area contributed by atoms with Gasteiger partial charge in [0.15, 0.2) is 5.96 Å². The molecule has 1 aromatic rings. The van der Waals surface area contributed by atoms with Gasteiger partial charge in [0.05, 0.1) is 0 Å². The van der Waals surface area contributed by atoms with Gasteiger partial charge in [-0.25, -0.2) is 0 Å². The first-order chi connectivity index (χ1) is 11.8. The topological polar surface area (TPSA) is 85.8 Å². The van der Waals surface area contributed by atoms with Crippen molar-refractivity contribution < 1.29 is 9.59 Å². The molecule has 0 fully saturated rings. The zero-order valence-electron chi connectivity index (χ0n) is 15.7. The number of carbonyl (C=O) groups excluding carboxylic acids is 2. The van der Waals surface area contributed by atoms with E-state index in [1.807, 2.05) is 38.1 Å². The van der Waals surface area contributed by atoms with Crippen LogP contribution in [0.2, 0.25) is 0 Å². The Morgan fingerprint density at radius 1 is 1.04 bits per heavy atom. The third-order valence-electron chi connectivity index (χ3n) is 3.53. The molecule has 1 aromatic carbocycles. The molecule has 0 spiro atoms. The summed E-state index contributed by atoms with van der Waals surface area (Å²) in [5.74, 6) is 0.671. The Hall–Kier alpha value is -2.57. The number of hydrogen-bond acceptors (Lipinski definition) is 3. The van der Waals surface area contributed by atoms with Crippen molar-refractivity contribution in [2.45, 2.75) is 20.4 Å². The molecule has 0 aliphatic carbocycles. The van der Waals surface area contributed by atoms with Crippen molar-refractivity contribution in [3.8, 4) is 0 Å². The van der Waals surface area contributed by atoms with Crippen LogP contribution < -0.4 is 16.0 Å². The van der Waals surface area contributed by atoms with Gasteiger partial charge in [-0.05, 0) is 17.7 Å². The van der Waals surface area contributed by atoms with E-state index in [0.717, 1.165) is 5.56 Å². The van der Waals surface area contributed by atoms with E-state index >= 15 is 0 Å². The average Bonchev–Trinajstić information content (AvgIpc) is 2.60. The lowest BCUT2D eigenvalue weighted by molar-refractivity contribution is -0.123. The van der Waals surface area contributed by atoms with Crippen molar-refractivity contribution in [2.24, 2.45) is 10.9 Å². The normalized spacial score (nSPS) is 11.2. The van der Waals surface area contributed by atoms with Gasteiger partial charge in [0.2, 0.25) is 5.91 Å². The molecule has 7 heteroatoms. The molecule has 0 atom stereocenters. The number of amides is 2. The largest absolute Gasteiger partial charge is 0.355 e. The molecular formula is C18H29N5O2. The summed E-state index contributed by atoms with van der Waals surface area (Å²) in [4.78, 5) is 29.0. The Bertz CT molecular complexity index is 594. The Balaban J connectivity index is 2.39. The molecule has 0 bridgehead atoms. The fraction of sp³-hybridized carbons (Fsp3) is 0.500. The predicted octanol–water partition coefficient (Wildman–Crippen LogP) is 0.826. The number of guanidine groups is 1. The summed E-state index contributed by atoms with van der Waals surface area (Å²) in [6.07, 6.45) is 0. The third kappa shape index (κ3) is 7.24. The Morgan fingerprint density at radius 2 is 1.64 bits per heavy atom. The number of nitrogens with zero attached hydrogens (tertiary/aromatic N) is 2. The van der Waals surface area contributed by atoms with Gasteiger partial charge in [0.25, 0.3) is 5.91 Å². The standard InChI is InChI=1S/C18H29N5O2/c1-13(2)16(24)20-10-11-21-18(19-3)22-12-14-6-8-15(9-7-14)17(25)23(4)5/h6-9,13H,10-12H2,1-5H3,(H,20,24)(H2,19,21,22). The van der Waals surface area contributed by atoms with E-state index in [-0.39, 0.29) is 17.7 Å². The first-order valence-corrected chi connectivity index (χ1v) is 8.38. The summed E-state index contributed by atoms with van der Waals surface area (Å²) in [5, 5.41) is 9.18. The number of carbonyl (C=O) groups is 2. The van der Waals surface area contributed by atoms with Crippen LogP contribution in [0.5, 0.6) is 0 Å². The third-order valence-corrected chi connectivity index (χ3v) is 3.53. The van der Waals surface area contributed by atoms with E-state index in [4.69, 9.17) is 0 Å². The molecule has 138 valence electrons. The van der Waals surface area contributed by atoms with Gasteiger partial charge in [-0.2, -0.15) is 0 Å². The summed E-state index contributed by atoms with van der Waals surface area (Å²) in [6, 6.07) is 7.47. The van der Waals surface area contributed by atoms with Crippen molar-refractivity contribution in [3.05, 3.63) is 35.4 Å². The van der Waals surface area contributed by atoms with Crippen LogP contribution in [0.15, 0.2) is 29.3 Å². The first-order valence-electron chi connectivity index (χ1n) is 8.38. The van der Waals surface area contributed by atoms with Crippen molar-refractivity contribution in [2.75, 3.05) is 34.2 Å². The lowest BCUT2D eigenvalue weighted by Crippen LogP contribution is -2.41. The molecule has 0 saturated heterocycles. The summed E-state index contributed by atoms with van der Waals surface area (Å²) in [6.45, 7) is 5.45. The average molecular weight is 347 g/mol. The molecule has 0 heterocycles. The molecule has 3 N–H and O–H groups in total. The number of hydrogen-bond donors (Lipinski definition) is 3. The number of nitrogens with one attached hydrogen (secondary N) is 3. The molecule has 1 rings (SSSR count). The van der Waals surface area contributed by atoms with Gasteiger partial charge in [0, 0.05) is 52.3 Å². The van der Waals surface area contributed by atoms with Crippen molar-refractivity contribution in [1.82, 2.24) is 20.9 Å². The van der Waals surface area contributed by atoms with Gasteiger partial charge in [-0.3, -0.25) is 14.6 Å². The molecule has 0 aliphatic rings. The van der Waals surface area contributed by atoms with Crippen LogP contribution in [0.25, 0.3) is 0 Å². The van der Waals surface area contributed by atoms with Crippen LogP contribution in [0.3, 0.4) is 0 Å². The van der Waals surface area contributed by atoms with Crippen LogP contribution in [-0.4, -0.2) is 56.9 Å². The lowest BCUT2D eigenvalue weighted by Gasteiger charge is -2.14. The fourth-order valence-electron chi connectivity index (χ4n) is 2.00. The smallest absolute Gasteiger partial charge is 0.253 e. The molecule has 0 aliphatic heterocycles. The monoisotopic (exact) mass is 347 g/mol. The van der Waals surface area contributed by atoms with Gasteiger partial charge in [0.1, 0.15) is 0 Å². The van der Waals surface area contributed by atoms with Gasteiger partial charge < -0.3 is 20.9 Å². The van der Waals surface area contributed by atoms with Crippen LogP contribution in [0, 0.1) is 5.92 Å². The summed E-state index contributed by atoms with van der Waals surface area (Å²) >= 11 is 0. The first kappa shape index (κ1) is 20.5. The van der Waals surface area contributed by atoms with E-state index in [1.165, 1.54) is 0 Å². The highest BCUT2D eigenvalue weighted by molar-refractivity contribution is 5.93. The van der Waals surface area contributed by atoms with E-state index in [1.54, 1.807) is 26.0 Å². The zero-order chi connectivity index (χ0) is 18.8. The highest BCUT2D eigenvalue weighted by Crippen LogP contribution is 2.06. The maximum atomic E-state index is 11.9. The quantitative estimate of drug-likeness (QED) is 0.387. The van der Waals surface area contributed by atoms with Gasteiger partial charge in [-0.1, -0.05) is 26.0 Å². The highest BCUT2D eigenvalue weighted by Gasteiger charge is 2.07. The second-order valence-corrected chi connectivity index (χ2v) is 6.19. The number of rotatable bonds is 7. The van der Waals surface area contributed by atoms with Crippen molar-refractivity contribution in [1.29, 1.82) is 0 Å². The van der Waals surface area contributed by atoms with E-state index < -0.39 is 0 Å². The molecule has 2 amide bonds. The summed E-state index contributed by atoms with van der Waals surface area (Å²) < 4.78 is 0. The molecule has 0 radical (unpaired) electrons. The Kier molecular flexibility index (Phi) is 8.46. The maximum absolute atomic E-state index is 11.9. The van der Waals surface area contributed by atoms with Crippen LogP contribution in [0.1, 0.15) is 29.8 Å². The SMILES string of the molecule is CN=C(NCCNC(=O)C(C)C)NCc1ccc(C(=O)N(C)C)cc1. The molecular weight excluding hydrogens is 318 g/mol. The highest BCUT2D eigenvalue weighted by atomic mass is 16.2. The van der Waals surface area contributed by atoms with E-state index in [9.17, 15) is 9.59 Å². The molecule has 0 aromatic heterocycles. The molecule has 25 heavy (non-hydrogen) atoms. The number of benzene rings is 1. The second-order valence-electron chi connectivity index (χ2n) is 6.19. The fourth-order valence-corrected chi connectivity index (χ4v) is 2.00. The van der Waals surface area contributed by atoms with Crippen LogP contribution in [0.4, 0.5) is 0 Å². The Morgan fingerprint density at radius 3 is 2.16 bits per heavy atom. The van der Waals surface area contributed by atoms with Gasteiger partial charge >= 0.3 is 0 Å². The lowest BCUT2D eigenvalue weighted by atomic mass is 10.1. The molecule has 7 nitrogen and oxygen atoms in total. The predicted molar refractivity (Wildman–Crippen MR) is 101 cm³/mol. The van der Waals surface area contributed by atoms with E-state index in [0.29, 0.717) is 31.2 Å². The van der Waals surface area contributed by atoms with Crippen molar-refractivity contribution in [3.63, 3.8) is 0 Å². The minimum Gasteiger partial charge on any atom is -0.355 e. The van der Waals surface area contributed by atoms with Crippen LogP contribution >= 0.6 is 0 Å². The maximum Gasteiger partial charge on any atom is 0.253 e. The minimum atomic E-state index is -0.0141. The second kappa shape index (κ2) is 10.3. The zero-order valence-corrected chi connectivity index (χ0v) is 15.7. The van der Waals surface area contributed by atoms with E-state index in [2.05, 4.69) is 20.9 Å². The molecule has 0 unspecified atom stereocenters. The minimum absolute atomic E-state index is 0.0135. The number of aliphatic imine (C=N–C) groups is 1. The van der Waals surface area contributed by atoms with Gasteiger partial charge in [-0.15, -0.1) is 0 Å². The summed E-state index contributed by atoms with van der Waals surface area (Å²) in [5.41, 5.74) is 1.71. The van der Waals surface area contributed by atoms with Crippen molar-refractivity contribution >= 4 is 17.8 Å².